The van der Waals surface area contributed by atoms with E-state index in [9.17, 15) is 0 Å². The summed E-state index contributed by atoms with van der Waals surface area (Å²) in [6.07, 6.45) is 19.0. The van der Waals surface area contributed by atoms with Crippen molar-refractivity contribution in [2.24, 2.45) is 0 Å². The van der Waals surface area contributed by atoms with Gasteiger partial charge >= 0.3 is 87.6 Å². The Kier molecular flexibility index (Phi) is 8.85. The van der Waals surface area contributed by atoms with Crippen LogP contribution < -0.4 is 7.74 Å². The summed E-state index contributed by atoms with van der Waals surface area (Å²) in [7, 11) is 0. The molecule has 0 fully saturated rings. The number of hydrogen-bond donors (Lipinski definition) is 0. The van der Waals surface area contributed by atoms with E-state index in [0.717, 1.165) is 12.8 Å². The summed E-state index contributed by atoms with van der Waals surface area (Å²) >= 11 is -0.108. The van der Waals surface area contributed by atoms with Gasteiger partial charge in [0, 0.05) is 0 Å². The minimum atomic E-state index is -0.108. The first kappa shape index (κ1) is 17.5. The predicted octanol–water partition coefficient (Wildman–Crippen LogP) is 4.72. The molecule has 0 saturated heterocycles. The Bertz CT molecular complexity index is 569. The SMILES string of the molecule is C1=CCC=C1.C1=CCC=C1.c1cc[c]([Ti][c]2ccccc2)cc1. The molecule has 1 heteroatoms. The van der Waals surface area contributed by atoms with Gasteiger partial charge in [-0.1, -0.05) is 48.6 Å². The van der Waals surface area contributed by atoms with E-state index in [1.165, 1.54) is 7.74 Å². The van der Waals surface area contributed by atoms with E-state index in [1.807, 2.05) is 0 Å². The Hall–Kier alpha value is -1.89. The van der Waals surface area contributed by atoms with Crippen molar-refractivity contribution in [3.8, 4) is 0 Å². The van der Waals surface area contributed by atoms with Crippen molar-refractivity contribution in [3.63, 3.8) is 0 Å². The normalized spacial score (nSPS) is 13.0. The van der Waals surface area contributed by atoms with E-state index in [2.05, 4.69) is 109 Å². The summed E-state index contributed by atoms with van der Waals surface area (Å²) in [5, 5.41) is 0. The monoisotopic (exact) mass is 334 g/mol. The zero-order valence-corrected chi connectivity index (χ0v) is 14.9. The molecule has 0 aromatic heterocycles. The second-order valence-electron chi connectivity index (χ2n) is 5.04. The summed E-state index contributed by atoms with van der Waals surface area (Å²) in [5.74, 6) is 0. The third-order valence-electron chi connectivity index (χ3n) is 3.15. The molecule has 2 aliphatic carbocycles. The molecule has 0 bridgehead atoms. The quantitative estimate of drug-likeness (QED) is 0.697. The Morgan fingerprint density at radius 3 is 1.09 bits per heavy atom. The summed E-state index contributed by atoms with van der Waals surface area (Å²) in [5.41, 5.74) is 0. The average molecular weight is 334 g/mol. The van der Waals surface area contributed by atoms with Gasteiger partial charge < -0.3 is 0 Å². The fraction of sp³-hybridized carbons (Fsp3) is 0.0909. The van der Waals surface area contributed by atoms with Crippen LogP contribution in [-0.2, 0) is 19.2 Å². The number of benzene rings is 2. The molecule has 0 N–H and O–H groups in total. The van der Waals surface area contributed by atoms with Crippen LogP contribution in [0.2, 0.25) is 0 Å². The van der Waals surface area contributed by atoms with Gasteiger partial charge in [-0.2, -0.15) is 0 Å². The first-order valence-corrected chi connectivity index (χ1v) is 9.52. The Labute approximate surface area is 148 Å². The average Bonchev–Trinajstić information content (AvgIpc) is 3.35. The fourth-order valence-electron chi connectivity index (χ4n) is 2.00. The van der Waals surface area contributed by atoms with Crippen LogP contribution in [0.4, 0.5) is 0 Å². The molecule has 23 heavy (non-hydrogen) atoms. The van der Waals surface area contributed by atoms with E-state index >= 15 is 0 Å². The van der Waals surface area contributed by atoms with Gasteiger partial charge in [0.15, 0.2) is 0 Å². The van der Waals surface area contributed by atoms with Crippen LogP contribution in [-0.4, -0.2) is 0 Å². The molecular formula is C22H22Ti. The summed E-state index contributed by atoms with van der Waals surface area (Å²) in [6, 6.07) is 21.5. The second kappa shape index (κ2) is 11.7. The molecule has 0 radical (unpaired) electrons. The third kappa shape index (κ3) is 8.35. The van der Waals surface area contributed by atoms with Crippen molar-refractivity contribution >= 4 is 7.74 Å². The van der Waals surface area contributed by atoms with Crippen LogP contribution in [0.1, 0.15) is 12.8 Å². The standard InChI is InChI=1S/2C6H5.2C5H6.Ti/c2*1-2-4-6-5-3-1;2*1-2-4-5-3-1;/h2*1-5H;2*1-4H,5H2;. The molecule has 0 atom stereocenters. The summed E-state index contributed by atoms with van der Waals surface area (Å²) in [6.45, 7) is 0. The van der Waals surface area contributed by atoms with Crippen molar-refractivity contribution in [3.05, 3.63) is 109 Å². The van der Waals surface area contributed by atoms with Crippen LogP contribution in [0.5, 0.6) is 0 Å². The topological polar surface area (TPSA) is 0 Å². The van der Waals surface area contributed by atoms with E-state index in [-0.39, 0.29) is 19.2 Å². The number of rotatable bonds is 2. The molecule has 114 valence electrons. The van der Waals surface area contributed by atoms with Crippen molar-refractivity contribution in [2.75, 3.05) is 0 Å². The minimum absolute atomic E-state index is 0.108. The molecule has 2 aliphatic rings. The molecule has 0 spiro atoms. The molecule has 4 rings (SSSR count). The zero-order chi connectivity index (χ0) is 16.0. The van der Waals surface area contributed by atoms with Gasteiger partial charge in [0.05, 0.1) is 0 Å². The van der Waals surface area contributed by atoms with Gasteiger partial charge in [-0.3, -0.25) is 0 Å². The fourth-order valence-corrected chi connectivity index (χ4v) is 3.64. The van der Waals surface area contributed by atoms with Gasteiger partial charge in [0.2, 0.25) is 0 Å². The van der Waals surface area contributed by atoms with Gasteiger partial charge in [0.25, 0.3) is 0 Å². The molecule has 0 nitrogen and oxygen atoms in total. The summed E-state index contributed by atoms with van der Waals surface area (Å²) in [4.78, 5) is 0. The van der Waals surface area contributed by atoms with E-state index < -0.39 is 0 Å². The molecule has 0 saturated carbocycles. The Balaban J connectivity index is 0.000000156. The van der Waals surface area contributed by atoms with E-state index in [1.54, 1.807) is 0 Å². The molecule has 2 aromatic carbocycles. The van der Waals surface area contributed by atoms with Crippen LogP contribution in [0.25, 0.3) is 0 Å². The van der Waals surface area contributed by atoms with Crippen LogP contribution >= 0.6 is 0 Å². The first-order valence-electron chi connectivity index (χ1n) is 7.95. The second-order valence-corrected chi connectivity index (χ2v) is 7.23. The van der Waals surface area contributed by atoms with E-state index in [4.69, 9.17) is 0 Å². The molecule has 2 aromatic rings. The molecule has 0 heterocycles. The number of allylic oxidation sites excluding steroid dienone is 8. The van der Waals surface area contributed by atoms with Gasteiger partial charge in [-0.05, 0) is 12.8 Å². The van der Waals surface area contributed by atoms with Crippen LogP contribution in [0.3, 0.4) is 0 Å². The summed E-state index contributed by atoms with van der Waals surface area (Å²) < 4.78 is 2.99. The molecule has 0 unspecified atom stereocenters. The molecular weight excluding hydrogens is 312 g/mol. The molecule has 0 amide bonds. The first-order chi connectivity index (χ1) is 11.4. The van der Waals surface area contributed by atoms with Crippen molar-refractivity contribution in [1.82, 2.24) is 0 Å². The van der Waals surface area contributed by atoms with Crippen molar-refractivity contribution < 1.29 is 19.2 Å². The predicted molar refractivity (Wildman–Crippen MR) is 97.9 cm³/mol. The number of hydrogen-bond acceptors (Lipinski definition) is 0. The molecule has 0 aliphatic heterocycles. The maximum atomic E-state index is 2.22. The van der Waals surface area contributed by atoms with Crippen LogP contribution in [0.15, 0.2) is 109 Å². The van der Waals surface area contributed by atoms with Crippen molar-refractivity contribution in [1.29, 1.82) is 0 Å². The van der Waals surface area contributed by atoms with Gasteiger partial charge in [-0.15, -0.1) is 0 Å². The van der Waals surface area contributed by atoms with Crippen LogP contribution in [0, 0.1) is 0 Å². The Morgan fingerprint density at radius 2 is 0.826 bits per heavy atom. The Morgan fingerprint density at radius 1 is 0.478 bits per heavy atom. The third-order valence-corrected chi connectivity index (χ3v) is 5.09. The van der Waals surface area contributed by atoms with Gasteiger partial charge in [-0.25, -0.2) is 0 Å². The maximum absolute atomic E-state index is 2.22. The van der Waals surface area contributed by atoms with Crippen molar-refractivity contribution in [2.45, 2.75) is 12.8 Å². The zero-order valence-electron chi connectivity index (χ0n) is 13.3. The van der Waals surface area contributed by atoms with E-state index in [0.29, 0.717) is 0 Å². The van der Waals surface area contributed by atoms with Gasteiger partial charge in [0.1, 0.15) is 0 Å².